The molecule has 1 aliphatic heterocycles. The molecule has 0 aromatic heterocycles. The molecule has 0 bridgehead atoms. The number of hydrogen-bond donors (Lipinski definition) is 0. The van der Waals surface area contributed by atoms with E-state index in [-0.39, 0.29) is 0 Å². The third kappa shape index (κ3) is 2.09. The highest BCUT2D eigenvalue weighted by Gasteiger charge is 2.43. The van der Waals surface area contributed by atoms with Gasteiger partial charge in [-0.25, -0.2) is 0 Å². The molecule has 1 unspecified atom stereocenters. The fourth-order valence-electron chi connectivity index (χ4n) is 2.97. The molecule has 0 aliphatic carbocycles. The highest BCUT2D eigenvalue weighted by molar-refractivity contribution is 5.53. The van der Waals surface area contributed by atoms with E-state index in [1.54, 1.807) is 0 Å². The van der Waals surface area contributed by atoms with Gasteiger partial charge in [-0.05, 0) is 38.8 Å². The largest absolute Gasteiger partial charge is 0.363 e. The van der Waals surface area contributed by atoms with E-state index in [0.717, 1.165) is 6.04 Å². The van der Waals surface area contributed by atoms with E-state index in [4.69, 9.17) is 0 Å². The standard InChI is InChI=1S/C15H23N/c1-4-5-9-14-12-15(2,3)16(14)13-10-7-6-8-11-13/h6-8,10-11,14H,4-5,9,12H2,1-3H3. The topological polar surface area (TPSA) is 3.24 Å². The molecule has 1 atom stereocenters. The Labute approximate surface area is 99.5 Å². The van der Waals surface area contributed by atoms with E-state index in [0.29, 0.717) is 5.54 Å². The van der Waals surface area contributed by atoms with Crippen LogP contribution in [0.2, 0.25) is 0 Å². The summed E-state index contributed by atoms with van der Waals surface area (Å²) in [5, 5.41) is 0. The van der Waals surface area contributed by atoms with Crippen molar-refractivity contribution >= 4 is 5.69 Å². The van der Waals surface area contributed by atoms with Crippen molar-refractivity contribution in [3.8, 4) is 0 Å². The van der Waals surface area contributed by atoms with Crippen LogP contribution in [0.3, 0.4) is 0 Å². The van der Waals surface area contributed by atoms with Crippen molar-refractivity contribution in [2.24, 2.45) is 0 Å². The Morgan fingerprint density at radius 2 is 1.94 bits per heavy atom. The molecule has 2 rings (SSSR count). The summed E-state index contributed by atoms with van der Waals surface area (Å²) in [5.41, 5.74) is 1.74. The van der Waals surface area contributed by atoms with Crippen molar-refractivity contribution < 1.29 is 0 Å². The maximum absolute atomic E-state index is 2.60. The van der Waals surface area contributed by atoms with Gasteiger partial charge in [0.05, 0.1) is 0 Å². The predicted molar refractivity (Wildman–Crippen MR) is 70.9 cm³/mol. The van der Waals surface area contributed by atoms with Crippen molar-refractivity contribution in [2.75, 3.05) is 4.90 Å². The Morgan fingerprint density at radius 1 is 1.25 bits per heavy atom. The van der Waals surface area contributed by atoms with Gasteiger partial charge in [-0.2, -0.15) is 0 Å². The molecule has 1 fully saturated rings. The van der Waals surface area contributed by atoms with Gasteiger partial charge in [0.1, 0.15) is 0 Å². The number of hydrogen-bond acceptors (Lipinski definition) is 1. The van der Waals surface area contributed by atoms with Gasteiger partial charge in [-0.1, -0.05) is 38.0 Å². The average molecular weight is 217 g/mol. The number of para-hydroxylation sites is 1. The number of unbranched alkanes of at least 4 members (excludes halogenated alkanes) is 1. The molecular formula is C15H23N. The smallest absolute Gasteiger partial charge is 0.0373 e. The van der Waals surface area contributed by atoms with E-state index in [2.05, 4.69) is 56.0 Å². The Hall–Kier alpha value is -0.980. The van der Waals surface area contributed by atoms with Gasteiger partial charge in [-0.15, -0.1) is 0 Å². The first-order chi connectivity index (χ1) is 7.65. The fourth-order valence-corrected chi connectivity index (χ4v) is 2.97. The quantitative estimate of drug-likeness (QED) is 0.729. The Kier molecular flexibility index (Phi) is 3.22. The molecule has 1 heterocycles. The SMILES string of the molecule is CCCCC1CC(C)(C)N1c1ccccc1. The highest BCUT2D eigenvalue weighted by atomic mass is 15.3. The maximum Gasteiger partial charge on any atom is 0.0373 e. The minimum atomic E-state index is 0.347. The molecule has 1 saturated heterocycles. The van der Waals surface area contributed by atoms with Crippen LogP contribution in [0, 0.1) is 0 Å². The summed E-state index contributed by atoms with van der Waals surface area (Å²) < 4.78 is 0. The van der Waals surface area contributed by atoms with Crippen LogP contribution in [0.4, 0.5) is 5.69 Å². The van der Waals surface area contributed by atoms with E-state index in [1.165, 1.54) is 31.4 Å². The van der Waals surface area contributed by atoms with Crippen LogP contribution in [0.5, 0.6) is 0 Å². The van der Waals surface area contributed by atoms with Crippen molar-refractivity contribution in [3.63, 3.8) is 0 Å². The lowest BCUT2D eigenvalue weighted by atomic mass is 9.78. The fraction of sp³-hybridized carbons (Fsp3) is 0.600. The molecule has 0 amide bonds. The Morgan fingerprint density at radius 3 is 2.50 bits per heavy atom. The second-order valence-electron chi connectivity index (χ2n) is 5.52. The number of rotatable bonds is 4. The van der Waals surface area contributed by atoms with Crippen molar-refractivity contribution in [2.45, 2.75) is 58.0 Å². The second kappa shape index (κ2) is 4.48. The number of anilines is 1. The second-order valence-corrected chi connectivity index (χ2v) is 5.52. The van der Waals surface area contributed by atoms with Gasteiger partial charge in [-0.3, -0.25) is 0 Å². The van der Waals surface area contributed by atoms with Crippen LogP contribution in [0.1, 0.15) is 46.5 Å². The number of benzene rings is 1. The van der Waals surface area contributed by atoms with Crippen LogP contribution in [-0.2, 0) is 0 Å². The van der Waals surface area contributed by atoms with Crippen LogP contribution < -0.4 is 4.90 Å². The van der Waals surface area contributed by atoms with E-state index in [1.807, 2.05) is 0 Å². The molecular weight excluding hydrogens is 194 g/mol. The van der Waals surface area contributed by atoms with Gasteiger partial charge in [0.25, 0.3) is 0 Å². The van der Waals surface area contributed by atoms with Gasteiger partial charge in [0.15, 0.2) is 0 Å². The van der Waals surface area contributed by atoms with Crippen molar-refractivity contribution in [1.29, 1.82) is 0 Å². The zero-order valence-corrected chi connectivity index (χ0v) is 10.7. The van der Waals surface area contributed by atoms with E-state index < -0.39 is 0 Å². The van der Waals surface area contributed by atoms with Crippen LogP contribution in [-0.4, -0.2) is 11.6 Å². The lowest BCUT2D eigenvalue weighted by Crippen LogP contribution is -2.63. The molecule has 1 heteroatoms. The first-order valence-electron chi connectivity index (χ1n) is 6.49. The van der Waals surface area contributed by atoms with Gasteiger partial charge in [0, 0.05) is 17.3 Å². The molecule has 1 nitrogen and oxygen atoms in total. The van der Waals surface area contributed by atoms with Crippen LogP contribution in [0.25, 0.3) is 0 Å². The summed E-state index contributed by atoms with van der Waals surface area (Å²) in [6.07, 6.45) is 5.33. The molecule has 1 aliphatic rings. The lowest BCUT2D eigenvalue weighted by molar-refractivity contribution is 0.232. The Bertz CT molecular complexity index is 329. The summed E-state index contributed by atoms with van der Waals surface area (Å²) in [6, 6.07) is 11.6. The highest BCUT2D eigenvalue weighted by Crippen LogP contribution is 2.42. The molecule has 0 saturated carbocycles. The Balaban J connectivity index is 2.10. The summed E-state index contributed by atoms with van der Waals surface area (Å²) in [6.45, 7) is 6.97. The predicted octanol–water partition coefficient (Wildman–Crippen LogP) is 4.23. The van der Waals surface area contributed by atoms with E-state index in [9.17, 15) is 0 Å². The summed E-state index contributed by atoms with van der Waals surface area (Å²) in [7, 11) is 0. The minimum Gasteiger partial charge on any atom is -0.363 e. The molecule has 16 heavy (non-hydrogen) atoms. The third-order valence-corrected chi connectivity index (χ3v) is 3.68. The molecule has 0 spiro atoms. The van der Waals surface area contributed by atoms with Crippen LogP contribution in [0.15, 0.2) is 30.3 Å². The van der Waals surface area contributed by atoms with Gasteiger partial charge >= 0.3 is 0 Å². The molecule has 1 aromatic carbocycles. The average Bonchev–Trinajstić information content (AvgIpc) is 2.25. The van der Waals surface area contributed by atoms with Gasteiger partial charge in [0.2, 0.25) is 0 Å². The molecule has 0 radical (unpaired) electrons. The van der Waals surface area contributed by atoms with Crippen molar-refractivity contribution in [3.05, 3.63) is 30.3 Å². The number of nitrogens with zero attached hydrogens (tertiary/aromatic N) is 1. The molecule has 88 valence electrons. The zero-order valence-electron chi connectivity index (χ0n) is 10.7. The summed E-state index contributed by atoms with van der Waals surface area (Å²) in [5.74, 6) is 0. The maximum atomic E-state index is 2.60. The van der Waals surface area contributed by atoms with Crippen LogP contribution >= 0.6 is 0 Å². The molecule has 1 aromatic rings. The lowest BCUT2D eigenvalue weighted by Gasteiger charge is -2.57. The third-order valence-electron chi connectivity index (χ3n) is 3.68. The van der Waals surface area contributed by atoms with Crippen molar-refractivity contribution in [1.82, 2.24) is 0 Å². The monoisotopic (exact) mass is 217 g/mol. The first kappa shape index (κ1) is 11.5. The summed E-state index contributed by atoms with van der Waals surface area (Å²) in [4.78, 5) is 2.60. The minimum absolute atomic E-state index is 0.347. The summed E-state index contributed by atoms with van der Waals surface area (Å²) >= 11 is 0. The van der Waals surface area contributed by atoms with E-state index >= 15 is 0 Å². The van der Waals surface area contributed by atoms with Gasteiger partial charge < -0.3 is 4.90 Å². The normalized spacial score (nSPS) is 22.9. The zero-order chi connectivity index (χ0) is 11.6. The first-order valence-corrected chi connectivity index (χ1v) is 6.49. The molecule has 0 N–H and O–H groups in total.